The summed E-state index contributed by atoms with van der Waals surface area (Å²) in [6.45, 7) is 4.14. The third-order valence-corrected chi connectivity index (χ3v) is 5.23. The van der Waals surface area contributed by atoms with Crippen LogP contribution in [0.25, 0.3) is 0 Å². The highest BCUT2D eigenvalue weighted by Gasteiger charge is 2.36. The molecule has 0 bridgehead atoms. The van der Waals surface area contributed by atoms with Gasteiger partial charge in [-0.15, -0.1) is 11.3 Å². The maximum Gasteiger partial charge on any atom is 0.280 e. The van der Waals surface area contributed by atoms with Crippen molar-refractivity contribution < 1.29 is 9.90 Å². The van der Waals surface area contributed by atoms with E-state index in [2.05, 4.69) is 24.1 Å². The van der Waals surface area contributed by atoms with E-state index < -0.39 is 0 Å². The summed E-state index contributed by atoms with van der Waals surface area (Å²) in [6.07, 6.45) is 1.22. The van der Waals surface area contributed by atoms with Crippen molar-refractivity contribution in [3.05, 3.63) is 52.0 Å². The normalized spacial score (nSPS) is 21.7. The van der Waals surface area contributed by atoms with Crippen LogP contribution in [0.4, 0.5) is 0 Å². The minimum atomic E-state index is -0.240. The second-order valence-electron chi connectivity index (χ2n) is 6.48. The van der Waals surface area contributed by atoms with E-state index in [1.807, 2.05) is 35.7 Å². The lowest BCUT2D eigenvalue weighted by Crippen LogP contribution is -2.41. The number of rotatable bonds is 5. The molecular formula is C18H22N2O2S. The Balaban J connectivity index is 1.76. The number of carbonyl (C=O) groups excluding carboxylic acids is 1. The second kappa shape index (κ2) is 6.81. The highest BCUT2D eigenvalue weighted by atomic mass is 32.1. The van der Waals surface area contributed by atoms with Crippen LogP contribution < -0.4 is 5.32 Å². The van der Waals surface area contributed by atoms with Crippen LogP contribution >= 0.6 is 11.3 Å². The predicted molar refractivity (Wildman–Crippen MR) is 91.6 cm³/mol. The van der Waals surface area contributed by atoms with Crippen molar-refractivity contribution in [1.29, 1.82) is 0 Å². The molecule has 1 fully saturated rings. The maximum atomic E-state index is 12.6. The molecule has 1 aliphatic rings. The summed E-state index contributed by atoms with van der Waals surface area (Å²) in [5.41, 5.74) is 2.04. The highest BCUT2D eigenvalue weighted by Crippen LogP contribution is 2.38. The van der Waals surface area contributed by atoms with Crippen molar-refractivity contribution in [1.82, 2.24) is 10.3 Å². The third-order valence-electron chi connectivity index (χ3n) is 4.37. The number of amides is 1. The molecule has 1 amide bonds. The average Bonchev–Trinajstić information content (AvgIpc) is 3.01. The molecule has 0 aliphatic heterocycles. The van der Waals surface area contributed by atoms with Gasteiger partial charge in [-0.2, -0.15) is 0 Å². The van der Waals surface area contributed by atoms with E-state index in [0.717, 1.165) is 24.1 Å². The summed E-state index contributed by atoms with van der Waals surface area (Å²) in [4.78, 5) is 17.0. The smallest absolute Gasteiger partial charge is 0.280 e. The van der Waals surface area contributed by atoms with E-state index in [1.54, 1.807) is 0 Å². The Labute approximate surface area is 140 Å². The van der Waals surface area contributed by atoms with Crippen LogP contribution in [0.3, 0.4) is 0 Å². The number of hydrogen-bond donors (Lipinski definition) is 2. The van der Waals surface area contributed by atoms with Crippen LogP contribution in [0.5, 0.6) is 0 Å². The fraction of sp³-hybridized carbons (Fsp3) is 0.444. The molecule has 1 aromatic heterocycles. The summed E-state index contributed by atoms with van der Waals surface area (Å²) in [5.74, 6) is 0.470. The van der Waals surface area contributed by atoms with Gasteiger partial charge in [0.2, 0.25) is 0 Å². The molecule has 3 rings (SSSR count). The van der Waals surface area contributed by atoms with Crippen molar-refractivity contribution in [2.45, 2.75) is 44.8 Å². The van der Waals surface area contributed by atoms with Gasteiger partial charge in [-0.1, -0.05) is 44.2 Å². The molecule has 4 nitrogen and oxygen atoms in total. The number of nitrogens with one attached hydrogen (secondary N) is 1. The van der Waals surface area contributed by atoms with Crippen molar-refractivity contribution >= 4 is 17.2 Å². The molecule has 1 heterocycles. The standard InChI is InChI=1S/C18H22N2O2S/c1-11(2)15-10-23-18(19-15)17(22)20-16(13-8-14(21)9-13)12-6-4-3-5-7-12/h3-7,10-11,13-14,16,21H,8-9H2,1-2H3,(H,20,22)/t13?,14?,16-/m0/s1. The van der Waals surface area contributed by atoms with Crippen LogP contribution in [-0.2, 0) is 0 Å². The fourth-order valence-corrected chi connectivity index (χ4v) is 3.78. The lowest BCUT2D eigenvalue weighted by Gasteiger charge is -2.38. The van der Waals surface area contributed by atoms with Gasteiger partial charge in [0, 0.05) is 5.38 Å². The first kappa shape index (κ1) is 16.1. The van der Waals surface area contributed by atoms with Gasteiger partial charge in [0.05, 0.1) is 17.8 Å². The van der Waals surface area contributed by atoms with E-state index in [0.29, 0.717) is 10.9 Å². The molecule has 0 radical (unpaired) electrons. The number of thiazole rings is 1. The first-order chi connectivity index (χ1) is 11.0. The van der Waals surface area contributed by atoms with Crippen LogP contribution in [0.2, 0.25) is 0 Å². The van der Waals surface area contributed by atoms with Crippen LogP contribution in [0, 0.1) is 5.92 Å². The number of hydrogen-bond acceptors (Lipinski definition) is 4. The molecule has 0 unspecified atom stereocenters. The van der Waals surface area contributed by atoms with E-state index in [-0.39, 0.29) is 24.0 Å². The Morgan fingerprint density at radius 2 is 2.00 bits per heavy atom. The van der Waals surface area contributed by atoms with Crippen molar-refractivity contribution in [2.24, 2.45) is 5.92 Å². The Bertz CT molecular complexity index is 663. The molecule has 23 heavy (non-hydrogen) atoms. The number of carbonyl (C=O) groups is 1. The predicted octanol–water partition coefficient (Wildman–Crippen LogP) is 3.51. The molecule has 0 saturated heterocycles. The molecule has 122 valence electrons. The van der Waals surface area contributed by atoms with Gasteiger partial charge >= 0.3 is 0 Å². The van der Waals surface area contributed by atoms with E-state index in [1.165, 1.54) is 11.3 Å². The SMILES string of the molecule is CC(C)c1csc(C(=O)N[C@@H](c2ccccc2)C2CC(O)C2)n1. The summed E-state index contributed by atoms with van der Waals surface area (Å²) in [6, 6.07) is 9.90. The third kappa shape index (κ3) is 3.62. The Morgan fingerprint density at radius 1 is 1.30 bits per heavy atom. The van der Waals surface area contributed by atoms with E-state index in [9.17, 15) is 9.90 Å². The zero-order chi connectivity index (χ0) is 16.4. The van der Waals surface area contributed by atoms with Crippen molar-refractivity contribution in [3.8, 4) is 0 Å². The first-order valence-electron chi connectivity index (χ1n) is 8.04. The number of nitrogens with zero attached hydrogens (tertiary/aromatic N) is 1. The lowest BCUT2D eigenvalue weighted by atomic mass is 9.75. The first-order valence-corrected chi connectivity index (χ1v) is 8.92. The molecule has 0 spiro atoms. The Kier molecular flexibility index (Phi) is 4.78. The highest BCUT2D eigenvalue weighted by molar-refractivity contribution is 7.11. The van der Waals surface area contributed by atoms with Gasteiger partial charge in [0.25, 0.3) is 5.91 Å². The molecule has 5 heteroatoms. The molecular weight excluding hydrogens is 308 g/mol. The minimum Gasteiger partial charge on any atom is -0.393 e. The molecule has 1 aliphatic carbocycles. The summed E-state index contributed by atoms with van der Waals surface area (Å²) in [7, 11) is 0. The number of aliphatic hydroxyl groups excluding tert-OH is 1. The van der Waals surface area contributed by atoms with Gasteiger partial charge in [0.1, 0.15) is 0 Å². The van der Waals surface area contributed by atoms with Gasteiger partial charge < -0.3 is 10.4 Å². The molecule has 2 N–H and O–H groups in total. The second-order valence-corrected chi connectivity index (χ2v) is 7.34. The molecule has 1 aromatic carbocycles. The average molecular weight is 330 g/mol. The van der Waals surface area contributed by atoms with Crippen molar-refractivity contribution in [2.75, 3.05) is 0 Å². The van der Waals surface area contributed by atoms with E-state index >= 15 is 0 Å². The molecule has 1 saturated carbocycles. The molecule has 1 atom stereocenters. The van der Waals surface area contributed by atoms with E-state index in [4.69, 9.17) is 0 Å². The van der Waals surface area contributed by atoms with Crippen molar-refractivity contribution in [3.63, 3.8) is 0 Å². The fourth-order valence-electron chi connectivity index (χ4n) is 2.89. The van der Waals surface area contributed by atoms with Gasteiger partial charge in [-0.05, 0) is 30.2 Å². The summed E-state index contributed by atoms with van der Waals surface area (Å²) >= 11 is 1.39. The topological polar surface area (TPSA) is 62.2 Å². The van der Waals surface area contributed by atoms with Gasteiger partial charge in [-0.25, -0.2) is 4.98 Å². The summed E-state index contributed by atoms with van der Waals surface area (Å²) in [5, 5.41) is 15.2. The number of aromatic nitrogens is 1. The summed E-state index contributed by atoms with van der Waals surface area (Å²) < 4.78 is 0. The quantitative estimate of drug-likeness (QED) is 0.882. The Morgan fingerprint density at radius 3 is 2.57 bits per heavy atom. The van der Waals surface area contributed by atoms with Crippen LogP contribution in [0.1, 0.15) is 59.7 Å². The van der Waals surface area contributed by atoms with Gasteiger partial charge in [-0.3, -0.25) is 4.79 Å². The zero-order valence-corrected chi connectivity index (χ0v) is 14.2. The molecule has 2 aromatic rings. The number of aliphatic hydroxyl groups is 1. The number of benzene rings is 1. The monoisotopic (exact) mass is 330 g/mol. The largest absolute Gasteiger partial charge is 0.393 e. The Hall–Kier alpha value is -1.72. The lowest BCUT2D eigenvalue weighted by molar-refractivity contribution is 0.0235. The van der Waals surface area contributed by atoms with Crippen LogP contribution in [-0.4, -0.2) is 22.1 Å². The zero-order valence-electron chi connectivity index (χ0n) is 13.4. The minimum absolute atomic E-state index is 0.0708. The van der Waals surface area contributed by atoms with Crippen LogP contribution in [0.15, 0.2) is 35.7 Å². The maximum absolute atomic E-state index is 12.6. The van der Waals surface area contributed by atoms with Gasteiger partial charge in [0.15, 0.2) is 5.01 Å².